The zero-order chi connectivity index (χ0) is 16.2. The summed E-state index contributed by atoms with van der Waals surface area (Å²) in [5, 5.41) is 0. The van der Waals surface area contributed by atoms with E-state index in [-0.39, 0.29) is 6.10 Å². The monoisotopic (exact) mass is 315 g/mol. The van der Waals surface area contributed by atoms with Gasteiger partial charge >= 0.3 is 0 Å². The van der Waals surface area contributed by atoms with Crippen LogP contribution in [-0.2, 0) is 9.53 Å². The zero-order valence-corrected chi connectivity index (χ0v) is 14.4. The van der Waals surface area contributed by atoms with Crippen LogP contribution < -0.4 is 0 Å². The van der Waals surface area contributed by atoms with Crippen molar-refractivity contribution >= 4 is 5.91 Å². The van der Waals surface area contributed by atoms with Crippen molar-refractivity contribution in [2.24, 2.45) is 5.92 Å². The highest BCUT2D eigenvalue weighted by atomic mass is 16.5. The number of nitrogens with zero attached hydrogens (tertiary/aromatic N) is 1. The van der Waals surface area contributed by atoms with Crippen LogP contribution in [0.2, 0.25) is 0 Å². The van der Waals surface area contributed by atoms with Gasteiger partial charge in [-0.15, -0.1) is 0 Å². The molecule has 3 heteroatoms. The molecule has 0 bridgehead atoms. The number of benzene rings is 1. The first kappa shape index (κ1) is 16.5. The number of carbonyl (C=O) groups excluding carboxylic acids is 1. The van der Waals surface area contributed by atoms with Crippen LogP contribution in [0.5, 0.6) is 0 Å². The zero-order valence-electron chi connectivity index (χ0n) is 14.4. The number of hydrogen-bond donors (Lipinski definition) is 0. The van der Waals surface area contributed by atoms with E-state index in [0.29, 0.717) is 36.8 Å². The Balaban J connectivity index is 1.71. The molecule has 3 nitrogen and oxygen atoms in total. The van der Waals surface area contributed by atoms with Crippen LogP contribution >= 0.6 is 0 Å². The van der Waals surface area contributed by atoms with Gasteiger partial charge in [-0.1, -0.05) is 57.0 Å². The van der Waals surface area contributed by atoms with Crippen molar-refractivity contribution in [3.05, 3.63) is 35.9 Å². The van der Waals surface area contributed by atoms with Gasteiger partial charge in [0, 0.05) is 13.0 Å². The van der Waals surface area contributed by atoms with E-state index in [0.717, 1.165) is 19.4 Å². The number of rotatable bonds is 4. The summed E-state index contributed by atoms with van der Waals surface area (Å²) in [5.41, 5.74) is 1.28. The van der Waals surface area contributed by atoms with Crippen molar-refractivity contribution in [2.75, 3.05) is 13.2 Å². The molecule has 1 saturated heterocycles. The van der Waals surface area contributed by atoms with E-state index in [1.54, 1.807) is 0 Å². The van der Waals surface area contributed by atoms with Crippen molar-refractivity contribution in [3.63, 3.8) is 0 Å². The van der Waals surface area contributed by atoms with Gasteiger partial charge in [-0.05, 0) is 30.2 Å². The molecule has 0 N–H and O–H groups in total. The van der Waals surface area contributed by atoms with E-state index in [4.69, 9.17) is 4.74 Å². The SMILES string of the molecule is CC(C)C(CC(=O)N1CCOC2CCCCC21)c1ccccc1. The molecule has 0 aromatic heterocycles. The van der Waals surface area contributed by atoms with Crippen LogP contribution in [0, 0.1) is 5.92 Å². The summed E-state index contributed by atoms with van der Waals surface area (Å²) in [5.74, 6) is 1.07. The number of fused-ring (bicyclic) bond motifs is 1. The topological polar surface area (TPSA) is 29.5 Å². The molecule has 1 aliphatic heterocycles. The van der Waals surface area contributed by atoms with Crippen molar-refractivity contribution in [3.8, 4) is 0 Å². The fraction of sp³-hybridized carbons (Fsp3) is 0.650. The number of amides is 1. The molecule has 3 unspecified atom stereocenters. The molecule has 1 aromatic rings. The second-order valence-electron chi connectivity index (χ2n) is 7.31. The second kappa shape index (κ2) is 7.48. The van der Waals surface area contributed by atoms with E-state index in [9.17, 15) is 4.79 Å². The summed E-state index contributed by atoms with van der Waals surface area (Å²) in [4.78, 5) is 15.1. The summed E-state index contributed by atoms with van der Waals surface area (Å²) >= 11 is 0. The molecule has 1 amide bonds. The Morgan fingerprint density at radius 3 is 2.70 bits per heavy atom. The first-order valence-corrected chi connectivity index (χ1v) is 9.13. The Labute approximate surface area is 140 Å². The molecule has 1 heterocycles. The fourth-order valence-corrected chi connectivity index (χ4v) is 4.15. The van der Waals surface area contributed by atoms with Gasteiger partial charge in [-0.2, -0.15) is 0 Å². The maximum atomic E-state index is 13.0. The Kier molecular flexibility index (Phi) is 5.37. The molecular weight excluding hydrogens is 286 g/mol. The van der Waals surface area contributed by atoms with Crippen molar-refractivity contribution in [1.82, 2.24) is 4.90 Å². The third-order valence-corrected chi connectivity index (χ3v) is 5.48. The third-order valence-electron chi connectivity index (χ3n) is 5.48. The lowest BCUT2D eigenvalue weighted by Crippen LogP contribution is -2.55. The average Bonchev–Trinajstić information content (AvgIpc) is 2.59. The third kappa shape index (κ3) is 3.77. The normalized spacial score (nSPS) is 26.0. The van der Waals surface area contributed by atoms with Gasteiger partial charge in [0.05, 0.1) is 18.8 Å². The van der Waals surface area contributed by atoms with Crippen LogP contribution in [0.25, 0.3) is 0 Å². The van der Waals surface area contributed by atoms with Crippen LogP contribution in [0.15, 0.2) is 30.3 Å². The van der Waals surface area contributed by atoms with Crippen LogP contribution in [0.1, 0.15) is 57.4 Å². The van der Waals surface area contributed by atoms with E-state index < -0.39 is 0 Å². The molecule has 2 fully saturated rings. The maximum Gasteiger partial charge on any atom is 0.223 e. The molecule has 1 aromatic carbocycles. The predicted octanol–water partition coefficient (Wildman–Crippen LogP) is 3.99. The maximum absolute atomic E-state index is 13.0. The lowest BCUT2D eigenvalue weighted by Gasteiger charge is -2.44. The molecule has 23 heavy (non-hydrogen) atoms. The minimum Gasteiger partial charge on any atom is -0.374 e. The van der Waals surface area contributed by atoms with E-state index in [1.165, 1.54) is 18.4 Å². The first-order chi connectivity index (χ1) is 11.2. The van der Waals surface area contributed by atoms with Gasteiger partial charge in [0.2, 0.25) is 5.91 Å². The minimum absolute atomic E-state index is 0.274. The standard InChI is InChI=1S/C20H29NO2/c1-15(2)17(16-8-4-3-5-9-16)14-20(22)21-12-13-23-19-11-7-6-10-18(19)21/h3-5,8-9,15,17-19H,6-7,10-14H2,1-2H3. The van der Waals surface area contributed by atoms with Gasteiger partial charge in [-0.3, -0.25) is 4.79 Å². The van der Waals surface area contributed by atoms with E-state index >= 15 is 0 Å². The van der Waals surface area contributed by atoms with Crippen LogP contribution in [0.3, 0.4) is 0 Å². The molecular formula is C20H29NO2. The summed E-state index contributed by atoms with van der Waals surface area (Å²) in [6.45, 7) is 5.89. The molecule has 2 aliphatic rings. The predicted molar refractivity (Wildman–Crippen MR) is 92.3 cm³/mol. The lowest BCUT2D eigenvalue weighted by atomic mass is 9.84. The first-order valence-electron chi connectivity index (χ1n) is 9.13. The molecule has 3 atom stereocenters. The molecule has 1 saturated carbocycles. The Bertz CT molecular complexity index is 512. The van der Waals surface area contributed by atoms with Crippen molar-refractivity contribution in [2.45, 2.75) is 64.0 Å². The van der Waals surface area contributed by atoms with Crippen LogP contribution in [-0.4, -0.2) is 36.1 Å². The smallest absolute Gasteiger partial charge is 0.223 e. The van der Waals surface area contributed by atoms with E-state index in [1.807, 2.05) is 6.07 Å². The summed E-state index contributed by atoms with van der Waals surface area (Å²) in [6.07, 6.45) is 5.57. The van der Waals surface area contributed by atoms with Gasteiger partial charge in [0.25, 0.3) is 0 Å². The molecule has 0 radical (unpaired) electrons. The number of ether oxygens (including phenoxy) is 1. The Hall–Kier alpha value is -1.35. The summed E-state index contributed by atoms with van der Waals surface area (Å²) in [7, 11) is 0. The Morgan fingerprint density at radius 1 is 1.22 bits per heavy atom. The number of carbonyl (C=O) groups is 1. The van der Waals surface area contributed by atoms with Crippen LogP contribution in [0.4, 0.5) is 0 Å². The van der Waals surface area contributed by atoms with Crippen molar-refractivity contribution < 1.29 is 9.53 Å². The van der Waals surface area contributed by atoms with Gasteiger partial charge in [0.1, 0.15) is 0 Å². The number of morpholine rings is 1. The quantitative estimate of drug-likeness (QED) is 0.841. The largest absolute Gasteiger partial charge is 0.374 e. The number of hydrogen-bond acceptors (Lipinski definition) is 2. The highest BCUT2D eigenvalue weighted by Gasteiger charge is 2.37. The van der Waals surface area contributed by atoms with E-state index in [2.05, 4.69) is 43.0 Å². The molecule has 0 spiro atoms. The minimum atomic E-state index is 0.274. The molecule has 3 rings (SSSR count). The fourth-order valence-electron chi connectivity index (χ4n) is 4.15. The highest BCUT2D eigenvalue weighted by molar-refractivity contribution is 5.77. The molecule has 1 aliphatic carbocycles. The average molecular weight is 315 g/mol. The van der Waals surface area contributed by atoms with Gasteiger partial charge < -0.3 is 9.64 Å². The van der Waals surface area contributed by atoms with Gasteiger partial charge in [-0.25, -0.2) is 0 Å². The van der Waals surface area contributed by atoms with Crippen molar-refractivity contribution in [1.29, 1.82) is 0 Å². The summed E-state index contributed by atoms with van der Waals surface area (Å²) in [6, 6.07) is 10.8. The van der Waals surface area contributed by atoms with Gasteiger partial charge in [0.15, 0.2) is 0 Å². The Morgan fingerprint density at radius 2 is 1.96 bits per heavy atom. The second-order valence-corrected chi connectivity index (χ2v) is 7.31. The lowest BCUT2D eigenvalue weighted by molar-refractivity contribution is -0.150. The highest BCUT2D eigenvalue weighted by Crippen LogP contribution is 2.32. The molecule has 126 valence electrons. The summed E-state index contributed by atoms with van der Waals surface area (Å²) < 4.78 is 5.91.